The molecule has 0 aliphatic carbocycles. The minimum Gasteiger partial charge on any atom is -0.507 e. The predicted molar refractivity (Wildman–Crippen MR) is 90.6 cm³/mol. The van der Waals surface area contributed by atoms with Gasteiger partial charge in [0.15, 0.2) is 0 Å². The molecular formula is C17H18F3N3OS. The lowest BCUT2D eigenvalue weighted by molar-refractivity contribution is -0.137. The molecule has 1 atom stereocenters. The van der Waals surface area contributed by atoms with Crippen LogP contribution in [0.2, 0.25) is 0 Å². The normalized spacial score (nSPS) is 18.3. The molecule has 0 radical (unpaired) electrons. The summed E-state index contributed by atoms with van der Waals surface area (Å²) in [4.78, 5) is 0. The molecule has 1 aromatic heterocycles. The van der Waals surface area contributed by atoms with Crippen LogP contribution < -0.4 is 5.32 Å². The standard InChI is InChI=1S/C17H18F3N3OS/c1-10-7-15(25-12-3-2-6-21-9-12)22-23-16(10)13-5-4-11(8-14(13)24)17(18,19)20/h4-5,7-8,12,21,24H,2-3,6,9H2,1H3/t12-/m1/s1. The van der Waals surface area contributed by atoms with Gasteiger partial charge in [0.25, 0.3) is 0 Å². The first kappa shape index (κ1) is 18.0. The Morgan fingerprint density at radius 3 is 2.64 bits per heavy atom. The highest BCUT2D eigenvalue weighted by atomic mass is 32.2. The zero-order valence-corrected chi connectivity index (χ0v) is 14.4. The van der Waals surface area contributed by atoms with E-state index >= 15 is 0 Å². The number of nitrogens with zero attached hydrogens (tertiary/aromatic N) is 2. The zero-order valence-electron chi connectivity index (χ0n) is 13.6. The van der Waals surface area contributed by atoms with Gasteiger partial charge in [-0.25, -0.2) is 0 Å². The molecule has 25 heavy (non-hydrogen) atoms. The van der Waals surface area contributed by atoms with Crippen molar-refractivity contribution >= 4 is 11.8 Å². The second-order valence-electron chi connectivity index (χ2n) is 6.03. The van der Waals surface area contributed by atoms with E-state index in [1.54, 1.807) is 11.8 Å². The van der Waals surface area contributed by atoms with Gasteiger partial charge in [-0.05, 0) is 56.1 Å². The van der Waals surface area contributed by atoms with Crippen LogP contribution in [0.3, 0.4) is 0 Å². The lowest BCUT2D eigenvalue weighted by atomic mass is 10.0. The van der Waals surface area contributed by atoms with Gasteiger partial charge in [-0.1, -0.05) is 11.8 Å². The van der Waals surface area contributed by atoms with E-state index in [-0.39, 0.29) is 5.56 Å². The molecule has 8 heteroatoms. The van der Waals surface area contributed by atoms with Gasteiger partial charge in [0.05, 0.1) is 11.3 Å². The van der Waals surface area contributed by atoms with E-state index in [0.717, 1.165) is 42.6 Å². The second-order valence-corrected chi connectivity index (χ2v) is 7.35. The van der Waals surface area contributed by atoms with Crippen LogP contribution in [0.1, 0.15) is 24.0 Å². The average Bonchev–Trinajstić information content (AvgIpc) is 2.56. The summed E-state index contributed by atoms with van der Waals surface area (Å²) in [6.07, 6.45) is -2.26. The fourth-order valence-electron chi connectivity index (χ4n) is 2.78. The smallest absolute Gasteiger partial charge is 0.416 e. The molecule has 2 heterocycles. The van der Waals surface area contributed by atoms with Crippen molar-refractivity contribution in [3.63, 3.8) is 0 Å². The van der Waals surface area contributed by atoms with Crippen molar-refractivity contribution in [3.05, 3.63) is 35.4 Å². The molecule has 1 aliphatic heterocycles. The fraction of sp³-hybridized carbons (Fsp3) is 0.412. The molecule has 0 saturated carbocycles. The van der Waals surface area contributed by atoms with Gasteiger partial charge < -0.3 is 10.4 Å². The third kappa shape index (κ3) is 4.24. The van der Waals surface area contributed by atoms with Crippen LogP contribution in [0.5, 0.6) is 5.75 Å². The number of hydrogen-bond donors (Lipinski definition) is 2. The van der Waals surface area contributed by atoms with Gasteiger partial charge in [-0.2, -0.15) is 13.2 Å². The largest absolute Gasteiger partial charge is 0.507 e. The first-order valence-electron chi connectivity index (χ1n) is 7.97. The van der Waals surface area contributed by atoms with E-state index < -0.39 is 17.5 Å². The van der Waals surface area contributed by atoms with Crippen molar-refractivity contribution in [2.75, 3.05) is 13.1 Å². The number of aromatic hydroxyl groups is 1. The lowest BCUT2D eigenvalue weighted by Gasteiger charge is -2.21. The molecule has 0 spiro atoms. The van der Waals surface area contributed by atoms with Gasteiger partial charge in [-0.3, -0.25) is 0 Å². The molecule has 2 N–H and O–H groups in total. The number of halogens is 3. The third-order valence-corrected chi connectivity index (χ3v) is 5.26. The topological polar surface area (TPSA) is 58.0 Å². The van der Waals surface area contributed by atoms with E-state index in [0.29, 0.717) is 17.0 Å². The van der Waals surface area contributed by atoms with Crippen molar-refractivity contribution < 1.29 is 18.3 Å². The summed E-state index contributed by atoms with van der Waals surface area (Å²) in [5, 5.41) is 22.8. The lowest BCUT2D eigenvalue weighted by Crippen LogP contribution is -2.31. The molecule has 1 aliphatic rings. The molecule has 0 bridgehead atoms. The van der Waals surface area contributed by atoms with Gasteiger partial charge >= 0.3 is 6.18 Å². The molecule has 3 rings (SSSR count). The summed E-state index contributed by atoms with van der Waals surface area (Å²) in [5.74, 6) is -0.455. The number of alkyl halides is 3. The molecule has 2 aromatic rings. The highest BCUT2D eigenvalue weighted by Crippen LogP contribution is 2.37. The molecule has 134 valence electrons. The van der Waals surface area contributed by atoms with Crippen LogP contribution >= 0.6 is 11.8 Å². The second kappa shape index (κ2) is 7.21. The van der Waals surface area contributed by atoms with E-state index in [2.05, 4.69) is 15.5 Å². The van der Waals surface area contributed by atoms with Crippen LogP contribution in [0.25, 0.3) is 11.3 Å². The Hall–Kier alpha value is -1.80. The first-order valence-corrected chi connectivity index (χ1v) is 8.85. The Morgan fingerprint density at radius 1 is 1.24 bits per heavy atom. The van der Waals surface area contributed by atoms with Gasteiger partial charge in [-0.15, -0.1) is 10.2 Å². The zero-order chi connectivity index (χ0) is 18.0. The number of aryl methyl sites for hydroxylation is 1. The molecule has 1 aromatic carbocycles. The molecule has 1 saturated heterocycles. The number of hydrogen-bond acceptors (Lipinski definition) is 5. The number of piperidine rings is 1. The minimum absolute atomic E-state index is 0.244. The number of aromatic nitrogens is 2. The summed E-state index contributed by atoms with van der Waals surface area (Å²) in [6.45, 7) is 3.77. The Kier molecular flexibility index (Phi) is 5.19. The third-order valence-electron chi connectivity index (χ3n) is 4.08. The van der Waals surface area contributed by atoms with Gasteiger partial charge in [0, 0.05) is 17.4 Å². The number of phenols is 1. The highest BCUT2D eigenvalue weighted by Gasteiger charge is 2.31. The van der Waals surface area contributed by atoms with Gasteiger partial charge in [0.1, 0.15) is 10.8 Å². The number of rotatable bonds is 3. The highest BCUT2D eigenvalue weighted by molar-refractivity contribution is 7.99. The van der Waals surface area contributed by atoms with E-state index in [9.17, 15) is 18.3 Å². The van der Waals surface area contributed by atoms with Crippen molar-refractivity contribution in [1.29, 1.82) is 0 Å². The Labute approximate surface area is 147 Å². The van der Waals surface area contributed by atoms with Crippen LogP contribution in [0.15, 0.2) is 29.3 Å². The number of nitrogens with one attached hydrogen (secondary N) is 1. The van der Waals surface area contributed by atoms with Gasteiger partial charge in [0.2, 0.25) is 0 Å². The Balaban J connectivity index is 1.83. The number of thioether (sulfide) groups is 1. The Bertz CT molecular complexity index is 761. The van der Waals surface area contributed by atoms with E-state index in [4.69, 9.17) is 0 Å². The number of benzene rings is 1. The maximum Gasteiger partial charge on any atom is 0.416 e. The summed E-state index contributed by atoms with van der Waals surface area (Å²) >= 11 is 1.65. The van der Waals surface area contributed by atoms with Crippen LogP contribution in [-0.2, 0) is 6.18 Å². The van der Waals surface area contributed by atoms with E-state index in [1.165, 1.54) is 6.07 Å². The monoisotopic (exact) mass is 369 g/mol. The van der Waals surface area contributed by atoms with Crippen LogP contribution in [-0.4, -0.2) is 33.6 Å². The summed E-state index contributed by atoms with van der Waals surface area (Å²) in [5.41, 5.74) is 0.499. The van der Waals surface area contributed by atoms with Crippen LogP contribution in [0.4, 0.5) is 13.2 Å². The van der Waals surface area contributed by atoms with E-state index in [1.807, 2.05) is 13.0 Å². The van der Waals surface area contributed by atoms with Crippen LogP contribution in [0, 0.1) is 6.92 Å². The van der Waals surface area contributed by atoms with Crippen molar-refractivity contribution in [3.8, 4) is 17.0 Å². The maximum atomic E-state index is 12.7. The molecule has 0 unspecified atom stereocenters. The average molecular weight is 369 g/mol. The molecule has 0 amide bonds. The molecule has 1 fully saturated rings. The molecule has 4 nitrogen and oxygen atoms in total. The van der Waals surface area contributed by atoms with Crippen molar-refractivity contribution in [2.45, 2.75) is 36.2 Å². The van der Waals surface area contributed by atoms with Crippen molar-refractivity contribution in [2.24, 2.45) is 0 Å². The number of phenolic OH excluding ortho intramolecular Hbond substituents is 1. The van der Waals surface area contributed by atoms with Crippen molar-refractivity contribution in [1.82, 2.24) is 15.5 Å². The summed E-state index contributed by atoms with van der Waals surface area (Å²) < 4.78 is 38.1. The quantitative estimate of drug-likeness (QED) is 0.856. The Morgan fingerprint density at radius 2 is 2.04 bits per heavy atom. The minimum atomic E-state index is -4.49. The fourth-order valence-corrected chi connectivity index (χ4v) is 3.94. The first-order chi connectivity index (χ1) is 11.8. The summed E-state index contributed by atoms with van der Waals surface area (Å²) in [7, 11) is 0. The molecular weight excluding hydrogens is 351 g/mol. The summed E-state index contributed by atoms with van der Waals surface area (Å²) in [6, 6.07) is 4.74. The SMILES string of the molecule is Cc1cc(S[C@@H]2CCCNC2)nnc1-c1ccc(C(F)(F)F)cc1O. The maximum absolute atomic E-state index is 12.7. The predicted octanol–water partition coefficient (Wildman–Crippen LogP) is 4.02.